The normalized spacial score (nSPS) is 19.9. The standard InChI is InChI=1S/C72H76BN3/c1-45-38-64-66-65(39-45)75(60-33-26-47(67(2,3)4)40-54(60)46-22-16-15-17-23-46)63-44-51(76-61-34-27-48(68(5,6)7)41-57(61)71(13)36-20-21-37-72(71,76)14)30-32-58(63)73(66)59-42-49(69(8,9)10)28-35-62(59)74(64)50-29-31-53-52-24-18-19-25-55(52)70(11,12)56(53)43-50/h15-19,22-35,38-44H,20-21,36-37H2,1-14H3. The van der Waals surface area contributed by atoms with Crippen molar-refractivity contribution in [2.24, 2.45) is 0 Å². The molecule has 382 valence electrons. The van der Waals surface area contributed by atoms with Gasteiger partial charge < -0.3 is 14.7 Å². The summed E-state index contributed by atoms with van der Waals surface area (Å²) in [4.78, 5) is 8.11. The molecule has 0 spiro atoms. The van der Waals surface area contributed by atoms with E-state index in [2.05, 4.69) is 269 Å². The fraction of sp³-hybridized carbons (Fsp3) is 0.333. The van der Waals surface area contributed by atoms with Crippen LogP contribution in [0.1, 0.15) is 155 Å². The van der Waals surface area contributed by atoms with E-state index in [-0.39, 0.29) is 39.3 Å². The van der Waals surface area contributed by atoms with Crippen LogP contribution in [0.15, 0.2) is 158 Å². The number of benzene rings is 8. The quantitative estimate of drug-likeness (QED) is 0.163. The van der Waals surface area contributed by atoms with Gasteiger partial charge in [-0.25, -0.2) is 0 Å². The van der Waals surface area contributed by atoms with Crippen molar-refractivity contribution in [3.8, 4) is 22.3 Å². The molecule has 0 amide bonds. The molecule has 3 heterocycles. The average molecular weight is 994 g/mol. The highest BCUT2D eigenvalue weighted by Crippen LogP contribution is 2.62. The maximum absolute atomic E-state index is 2.80. The maximum atomic E-state index is 2.80. The number of rotatable bonds is 4. The number of fused-ring (bicyclic) bond motifs is 10. The van der Waals surface area contributed by atoms with Gasteiger partial charge in [0.2, 0.25) is 0 Å². The molecule has 13 rings (SSSR count). The van der Waals surface area contributed by atoms with E-state index in [0.717, 1.165) is 6.42 Å². The van der Waals surface area contributed by atoms with E-state index < -0.39 is 0 Å². The number of anilines is 8. The van der Waals surface area contributed by atoms with Gasteiger partial charge in [0.15, 0.2) is 0 Å². The molecule has 0 bridgehead atoms. The molecular weight excluding hydrogens is 918 g/mol. The molecule has 2 atom stereocenters. The zero-order valence-electron chi connectivity index (χ0n) is 47.8. The van der Waals surface area contributed by atoms with Crippen LogP contribution in [-0.4, -0.2) is 12.3 Å². The Labute approximate surface area is 455 Å². The van der Waals surface area contributed by atoms with Crippen LogP contribution >= 0.6 is 0 Å². The van der Waals surface area contributed by atoms with Crippen molar-refractivity contribution in [2.45, 2.75) is 155 Å². The third-order valence-corrected chi connectivity index (χ3v) is 19.3. The van der Waals surface area contributed by atoms with Crippen molar-refractivity contribution in [3.05, 3.63) is 197 Å². The molecule has 0 saturated heterocycles. The summed E-state index contributed by atoms with van der Waals surface area (Å²) in [5.41, 5.74) is 28.7. The van der Waals surface area contributed by atoms with E-state index in [1.54, 1.807) is 0 Å². The highest BCUT2D eigenvalue weighted by molar-refractivity contribution is 7.00. The van der Waals surface area contributed by atoms with Gasteiger partial charge >= 0.3 is 0 Å². The zero-order chi connectivity index (χ0) is 53.2. The minimum absolute atomic E-state index is 0.00397. The second kappa shape index (κ2) is 16.4. The summed E-state index contributed by atoms with van der Waals surface area (Å²) in [6.45, 7) is 33.5. The lowest BCUT2D eigenvalue weighted by atomic mass is 9.33. The maximum Gasteiger partial charge on any atom is 0.252 e. The van der Waals surface area contributed by atoms with Crippen LogP contribution in [0.3, 0.4) is 0 Å². The van der Waals surface area contributed by atoms with E-state index in [0.29, 0.717) is 0 Å². The van der Waals surface area contributed by atoms with E-state index in [1.807, 2.05) is 0 Å². The minimum Gasteiger partial charge on any atom is -0.334 e. The first-order valence-electron chi connectivity index (χ1n) is 28.4. The predicted octanol–water partition coefficient (Wildman–Crippen LogP) is 17.7. The van der Waals surface area contributed by atoms with E-state index in [4.69, 9.17) is 0 Å². The Morgan fingerprint density at radius 3 is 1.72 bits per heavy atom. The molecule has 8 aromatic carbocycles. The fourth-order valence-electron chi connectivity index (χ4n) is 14.7. The number of aryl methyl sites for hydroxylation is 1. The Morgan fingerprint density at radius 2 is 1.01 bits per heavy atom. The summed E-state index contributed by atoms with van der Waals surface area (Å²) < 4.78 is 0. The topological polar surface area (TPSA) is 9.72 Å². The molecule has 1 fully saturated rings. The van der Waals surface area contributed by atoms with Gasteiger partial charge in [0.25, 0.3) is 6.71 Å². The van der Waals surface area contributed by atoms with Gasteiger partial charge in [-0.15, -0.1) is 0 Å². The van der Waals surface area contributed by atoms with E-state index in [1.165, 1.54) is 142 Å². The van der Waals surface area contributed by atoms with E-state index in [9.17, 15) is 0 Å². The number of hydrogen-bond donors (Lipinski definition) is 0. The average Bonchev–Trinajstić information content (AvgIpc) is 3.96. The molecule has 0 radical (unpaired) electrons. The van der Waals surface area contributed by atoms with Crippen molar-refractivity contribution < 1.29 is 0 Å². The third-order valence-electron chi connectivity index (χ3n) is 19.3. The van der Waals surface area contributed by atoms with Crippen LogP contribution in [0.25, 0.3) is 22.3 Å². The highest BCUT2D eigenvalue weighted by atomic mass is 15.3. The van der Waals surface area contributed by atoms with Crippen molar-refractivity contribution >= 4 is 68.6 Å². The molecule has 5 aliphatic rings. The van der Waals surface area contributed by atoms with Crippen LogP contribution in [-0.2, 0) is 27.1 Å². The molecule has 3 nitrogen and oxygen atoms in total. The molecular formula is C72H76BN3. The summed E-state index contributed by atoms with van der Waals surface area (Å²) >= 11 is 0. The molecule has 3 aliphatic heterocycles. The molecule has 2 unspecified atom stereocenters. The molecule has 2 aliphatic carbocycles. The lowest BCUT2D eigenvalue weighted by Crippen LogP contribution is -2.61. The van der Waals surface area contributed by atoms with Crippen molar-refractivity contribution in [1.29, 1.82) is 0 Å². The molecule has 76 heavy (non-hydrogen) atoms. The van der Waals surface area contributed by atoms with Crippen molar-refractivity contribution in [2.75, 3.05) is 14.7 Å². The van der Waals surface area contributed by atoms with Crippen LogP contribution < -0.4 is 31.1 Å². The van der Waals surface area contributed by atoms with Crippen LogP contribution in [0.5, 0.6) is 0 Å². The van der Waals surface area contributed by atoms with Crippen LogP contribution in [0.4, 0.5) is 45.5 Å². The Morgan fingerprint density at radius 1 is 0.421 bits per heavy atom. The van der Waals surface area contributed by atoms with Gasteiger partial charge in [-0.3, -0.25) is 0 Å². The molecule has 1 saturated carbocycles. The first kappa shape index (κ1) is 48.8. The zero-order valence-corrected chi connectivity index (χ0v) is 47.8. The number of nitrogens with zero attached hydrogens (tertiary/aromatic N) is 3. The lowest BCUT2D eigenvalue weighted by Gasteiger charge is -2.51. The Hall–Kier alpha value is -6.78. The van der Waals surface area contributed by atoms with Gasteiger partial charge in [0.1, 0.15) is 0 Å². The number of hydrogen-bond acceptors (Lipinski definition) is 3. The monoisotopic (exact) mass is 994 g/mol. The van der Waals surface area contributed by atoms with Crippen LogP contribution in [0.2, 0.25) is 0 Å². The molecule has 4 heteroatoms. The summed E-state index contributed by atoms with van der Waals surface area (Å²) in [5.74, 6) is 0. The lowest BCUT2D eigenvalue weighted by molar-refractivity contribution is 0.195. The van der Waals surface area contributed by atoms with Gasteiger partial charge in [-0.05, 0) is 176 Å². The van der Waals surface area contributed by atoms with Gasteiger partial charge in [-0.1, -0.05) is 193 Å². The SMILES string of the molecule is Cc1cc2c3c(c1)N(c1ccc(C(C)(C)C)cc1-c1ccccc1)c1cc(N4c5ccc(C(C)(C)C)cc5C5(C)CCCCC45C)ccc1B3c1cc(C(C)(C)C)ccc1N2c1ccc2c(c1)C(C)(C)c1ccccc1-2. The van der Waals surface area contributed by atoms with Crippen molar-refractivity contribution in [1.82, 2.24) is 0 Å². The Kier molecular flexibility index (Phi) is 10.5. The summed E-state index contributed by atoms with van der Waals surface area (Å²) in [5, 5.41) is 0. The first-order chi connectivity index (χ1) is 36.0. The Balaban J connectivity index is 1.11. The second-order valence-corrected chi connectivity index (χ2v) is 27.5. The van der Waals surface area contributed by atoms with Crippen LogP contribution in [0, 0.1) is 6.92 Å². The minimum atomic E-state index is -0.136. The predicted molar refractivity (Wildman–Crippen MR) is 327 cm³/mol. The largest absolute Gasteiger partial charge is 0.334 e. The fourth-order valence-corrected chi connectivity index (χ4v) is 14.7. The van der Waals surface area contributed by atoms with Gasteiger partial charge in [0.05, 0.1) is 11.2 Å². The molecule has 0 aromatic heterocycles. The Bertz CT molecular complexity index is 3710. The first-order valence-corrected chi connectivity index (χ1v) is 28.4. The molecule has 0 N–H and O–H groups in total. The van der Waals surface area contributed by atoms with Crippen molar-refractivity contribution in [3.63, 3.8) is 0 Å². The second-order valence-electron chi connectivity index (χ2n) is 27.5. The third kappa shape index (κ3) is 7.00. The van der Waals surface area contributed by atoms with Gasteiger partial charge in [-0.2, -0.15) is 0 Å². The summed E-state index contributed by atoms with van der Waals surface area (Å²) in [6, 6.07) is 62.4. The molecule has 8 aromatic rings. The smallest absolute Gasteiger partial charge is 0.252 e. The summed E-state index contributed by atoms with van der Waals surface area (Å²) in [6.07, 6.45) is 4.83. The highest BCUT2D eigenvalue weighted by Gasteiger charge is 2.58. The van der Waals surface area contributed by atoms with Gasteiger partial charge in [0, 0.05) is 56.2 Å². The van der Waals surface area contributed by atoms with E-state index >= 15 is 0 Å². The summed E-state index contributed by atoms with van der Waals surface area (Å²) in [7, 11) is 0.